The zero-order valence-electron chi connectivity index (χ0n) is 42.0. The van der Waals surface area contributed by atoms with Gasteiger partial charge in [0.2, 0.25) is 0 Å². The molecule has 0 saturated carbocycles. The Morgan fingerprint density at radius 2 is 0.742 bits per heavy atom. The summed E-state index contributed by atoms with van der Waals surface area (Å²) in [7, 11) is 0. The van der Waals surface area contributed by atoms with E-state index < -0.39 is 69.6 Å². The first-order valence-electron chi connectivity index (χ1n) is 25.6. The Bertz CT molecular complexity index is 1230. The van der Waals surface area contributed by atoms with Gasteiger partial charge < -0.3 is 29.6 Å². The third-order valence-electron chi connectivity index (χ3n) is 13.0. The van der Waals surface area contributed by atoms with Crippen molar-refractivity contribution in [3.8, 4) is 0 Å². The summed E-state index contributed by atoms with van der Waals surface area (Å²) in [4.78, 5) is 59.3. The van der Waals surface area contributed by atoms with Crippen LogP contribution in [0.1, 0.15) is 250 Å². The summed E-state index contributed by atoms with van der Waals surface area (Å²) in [6.45, 7) is 22.7. The lowest BCUT2D eigenvalue weighted by molar-refractivity contribution is -0.201. The smallest absolute Gasteiger partial charge is 0.336 e. The molecule has 0 radical (unpaired) electrons. The van der Waals surface area contributed by atoms with Gasteiger partial charge in [0.1, 0.15) is 12.2 Å². The van der Waals surface area contributed by atoms with Crippen LogP contribution in [0.4, 0.5) is 0 Å². The normalized spacial score (nSPS) is 19.1. The van der Waals surface area contributed by atoms with Crippen LogP contribution in [0.3, 0.4) is 0 Å². The van der Waals surface area contributed by atoms with Gasteiger partial charge >= 0.3 is 23.9 Å². The molecule has 2 aliphatic rings. The van der Waals surface area contributed by atoms with E-state index in [1.165, 1.54) is 89.9 Å². The lowest BCUT2D eigenvalue weighted by Gasteiger charge is -2.47. The van der Waals surface area contributed by atoms with Crippen molar-refractivity contribution >= 4 is 23.9 Å². The van der Waals surface area contributed by atoms with Crippen LogP contribution in [-0.4, -0.2) is 71.5 Å². The Morgan fingerprint density at radius 3 is 1.05 bits per heavy atom. The van der Waals surface area contributed by atoms with Crippen molar-refractivity contribution in [3.05, 3.63) is 0 Å². The second kappa shape index (κ2) is 28.0. The Kier molecular flexibility index (Phi) is 25.2. The summed E-state index contributed by atoms with van der Waals surface area (Å²) in [6, 6.07) is 0. The van der Waals surface area contributed by atoms with E-state index in [9.17, 15) is 9.59 Å². The molecule has 0 aromatic heterocycles. The number of hydrogen-bond acceptors (Lipinski definition) is 10. The van der Waals surface area contributed by atoms with Gasteiger partial charge in [0.15, 0.2) is 0 Å². The largest absolute Gasteiger partial charge is 0.465 e. The molecule has 2 aliphatic heterocycles. The third-order valence-corrected chi connectivity index (χ3v) is 13.0. The molecular weight excluding hydrogens is 781 g/mol. The molecule has 362 valence electrons. The number of esters is 4. The van der Waals surface area contributed by atoms with Crippen LogP contribution in [0, 0.1) is 11.3 Å². The molecule has 62 heavy (non-hydrogen) atoms. The minimum atomic E-state index is -2.70. The minimum Gasteiger partial charge on any atom is -0.465 e. The summed E-state index contributed by atoms with van der Waals surface area (Å²) in [6.07, 6.45) is 25.6. The fraction of sp³-hybridized carbons (Fsp3) is 0.923. The Hall–Kier alpha value is -2.20. The Labute approximate surface area is 380 Å². The van der Waals surface area contributed by atoms with Gasteiger partial charge in [-0.3, -0.25) is 19.2 Å². The number of hydrogen-bond donors (Lipinski definition) is 2. The number of ether oxygens (including phenoxy) is 4. The summed E-state index contributed by atoms with van der Waals surface area (Å²) < 4.78 is 24.4. The number of carbonyl (C=O) groups excluding carboxylic acids is 4. The minimum absolute atomic E-state index is 0.0171. The van der Waals surface area contributed by atoms with Gasteiger partial charge in [-0.15, -0.1) is 0 Å². The maximum Gasteiger partial charge on any atom is 0.336 e. The highest BCUT2D eigenvalue weighted by atomic mass is 16.6. The predicted octanol–water partition coefficient (Wildman–Crippen LogP) is 12.4. The zero-order chi connectivity index (χ0) is 46.3. The Morgan fingerprint density at radius 1 is 0.452 bits per heavy atom. The summed E-state index contributed by atoms with van der Waals surface area (Å²) in [5, 5.41) is 7.22. The lowest BCUT2D eigenvalue weighted by Crippen LogP contribution is -2.63. The predicted molar refractivity (Wildman–Crippen MR) is 252 cm³/mol. The van der Waals surface area contributed by atoms with E-state index in [1.54, 1.807) is 6.92 Å². The zero-order valence-corrected chi connectivity index (χ0v) is 42.0. The van der Waals surface area contributed by atoms with Gasteiger partial charge in [-0.2, -0.15) is 0 Å². The van der Waals surface area contributed by atoms with Crippen LogP contribution in [-0.2, 0) is 38.1 Å². The van der Waals surface area contributed by atoms with Gasteiger partial charge in [-0.25, -0.2) is 0 Å². The van der Waals surface area contributed by atoms with Crippen LogP contribution >= 0.6 is 0 Å². The molecule has 1 atom stereocenters. The quantitative estimate of drug-likeness (QED) is 0.0292. The first-order chi connectivity index (χ1) is 29.2. The van der Waals surface area contributed by atoms with Gasteiger partial charge in [0.25, 0.3) is 5.41 Å². The van der Waals surface area contributed by atoms with E-state index in [1.807, 2.05) is 55.4 Å². The molecule has 2 N–H and O–H groups in total. The molecule has 0 bridgehead atoms. The van der Waals surface area contributed by atoms with Gasteiger partial charge in [0.05, 0.1) is 19.1 Å². The van der Waals surface area contributed by atoms with Gasteiger partial charge in [0, 0.05) is 47.8 Å². The van der Waals surface area contributed by atoms with Crippen molar-refractivity contribution in [2.45, 2.75) is 284 Å². The number of carbonyl (C=O) groups is 4. The monoisotopic (exact) mass is 877 g/mol. The van der Waals surface area contributed by atoms with E-state index in [-0.39, 0.29) is 19.6 Å². The molecule has 10 heteroatoms. The molecule has 10 nitrogen and oxygen atoms in total. The highest BCUT2D eigenvalue weighted by Crippen LogP contribution is 2.41. The topological polar surface area (TPSA) is 129 Å². The third kappa shape index (κ3) is 20.3. The van der Waals surface area contributed by atoms with Crippen LogP contribution in [0.5, 0.6) is 0 Å². The number of rotatable bonds is 32. The van der Waals surface area contributed by atoms with Crippen molar-refractivity contribution in [1.29, 1.82) is 0 Å². The van der Waals surface area contributed by atoms with Crippen LogP contribution < -0.4 is 10.6 Å². The van der Waals surface area contributed by atoms with Crippen LogP contribution in [0.25, 0.3) is 0 Å². The average molecular weight is 877 g/mol. The maximum absolute atomic E-state index is 15.1. The molecular formula is C52H96N2O8. The second-order valence-corrected chi connectivity index (χ2v) is 21.8. The second-order valence-electron chi connectivity index (χ2n) is 21.8. The van der Waals surface area contributed by atoms with E-state index >= 15 is 9.59 Å². The number of nitrogens with one attached hydrogen (secondary N) is 2. The molecule has 0 amide bonds. The van der Waals surface area contributed by atoms with Gasteiger partial charge in [-0.05, 0) is 74.7 Å². The number of unbranched alkanes of at least 4 members (excludes halogenated alkanes) is 20. The van der Waals surface area contributed by atoms with Crippen molar-refractivity contribution < 1.29 is 38.1 Å². The molecule has 2 heterocycles. The maximum atomic E-state index is 15.1. The van der Waals surface area contributed by atoms with Gasteiger partial charge in [-0.1, -0.05) is 149 Å². The molecule has 0 aromatic rings. The van der Waals surface area contributed by atoms with E-state index in [2.05, 4.69) is 24.5 Å². The Balaban J connectivity index is 2.34. The first-order valence-corrected chi connectivity index (χ1v) is 25.6. The molecule has 0 aromatic carbocycles. The van der Waals surface area contributed by atoms with Crippen molar-refractivity contribution in [1.82, 2.24) is 10.6 Å². The standard InChI is InChI=1S/C52H96N2O8/c1-12-15-17-19-21-23-25-27-29-31-33-35-59-44(55)43(14-3)52(46(57)61-41-37-48(4,5)53-49(6,7)38-41,47(58)62-42-39-50(8,9)54-51(10,11)40-42)45(56)60-36-34-32-30-28-26-24-22-20-18-16-13-2/h41-43,53-54H,12-40H2,1-11H3. The van der Waals surface area contributed by atoms with E-state index in [0.29, 0.717) is 38.5 Å². The summed E-state index contributed by atoms with van der Waals surface area (Å²) in [5.41, 5.74) is -4.27. The molecule has 2 fully saturated rings. The number of piperidine rings is 2. The lowest BCUT2D eigenvalue weighted by atomic mass is 9.72. The SMILES string of the molecule is CCCCCCCCCCCCCOC(=O)C(CC)C(C(=O)OCCCCCCCCCCCCC)(C(=O)OC1CC(C)(C)NC(C)(C)C1)C(=O)OC1CC(C)(C)NC(C)(C)C1. The van der Waals surface area contributed by atoms with E-state index in [0.717, 1.165) is 38.5 Å². The molecule has 2 saturated heterocycles. The van der Waals surface area contributed by atoms with Crippen molar-refractivity contribution in [2.24, 2.45) is 11.3 Å². The van der Waals surface area contributed by atoms with Crippen LogP contribution in [0.2, 0.25) is 0 Å². The van der Waals surface area contributed by atoms with Crippen LogP contribution in [0.15, 0.2) is 0 Å². The first kappa shape index (κ1) is 55.9. The highest BCUT2D eigenvalue weighted by Gasteiger charge is 2.66. The fourth-order valence-electron chi connectivity index (χ4n) is 10.5. The average Bonchev–Trinajstić information content (AvgIpc) is 3.14. The van der Waals surface area contributed by atoms with Crippen molar-refractivity contribution in [2.75, 3.05) is 13.2 Å². The molecule has 0 spiro atoms. The molecule has 2 rings (SSSR count). The van der Waals surface area contributed by atoms with Crippen molar-refractivity contribution in [3.63, 3.8) is 0 Å². The highest BCUT2D eigenvalue weighted by molar-refractivity contribution is 6.20. The molecule has 1 unspecified atom stereocenters. The summed E-state index contributed by atoms with van der Waals surface area (Å²) in [5.74, 6) is -5.53. The molecule has 0 aliphatic carbocycles. The fourth-order valence-corrected chi connectivity index (χ4v) is 10.5. The summed E-state index contributed by atoms with van der Waals surface area (Å²) >= 11 is 0. The van der Waals surface area contributed by atoms with E-state index in [4.69, 9.17) is 18.9 Å².